The maximum Gasteiger partial charge on any atom is 0.0368 e. The summed E-state index contributed by atoms with van der Waals surface area (Å²) in [6, 6.07) is 17.4. The number of hydrogen-bond donors (Lipinski definition) is 1. The van der Waals surface area contributed by atoms with Crippen LogP contribution in [0.2, 0.25) is 0 Å². The lowest BCUT2D eigenvalue weighted by atomic mass is 9.99. The zero-order valence-corrected chi connectivity index (χ0v) is 13.9. The van der Waals surface area contributed by atoms with Crippen molar-refractivity contribution in [2.45, 2.75) is 12.5 Å². The summed E-state index contributed by atoms with van der Waals surface area (Å²) in [7, 11) is 2.02. The molecule has 0 aliphatic heterocycles. The van der Waals surface area contributed by atoms with Crippen LogP contribution in [0.1, 0.15) is 17.2 Å². The van der Waals surface area contributed by atoms with E-state index in [1.54, 1.807) is 0 Å². The van der Waals surface area contributed by atoms with Crippen LogP contribution < -0.4 is 5.32 Å². The Kier molecular flexibility index (Phi) is 5.21. The van der Waals surface area contributed by atoms with E-state index in [1.807, 2.05) is 7.05 Å². The van der Waals surface area contributed by atoms with Gasteiger partial charge in [-0.15, -0.1) is 0 Å². The lowest BCUT2D eigenvalue weighted by molar-refractivity contribution is 0.589. The molecule has 3 heteroatoms. The van der Waals surface area contributed by atoms with Gasteiger partial charge in [-0.05, 0) is 65.4 Å². The molecule has 18 heavy (non-hydrogen) atoms. The molecule has 0 saturated carbocycles. The first-order valence-corrected chi connectivity index (χ1v) is 7.74. The summed E-state index contributed by atoms with van der Waals surface area (Å²) < 4.78 is 2.44. The van der Waals surface area contributed by atoms with Crippen molar-refractivity contribution in [1.29, 1.82) is 0 Å². The highest BCUT2D eigenvalue weighted by Crippen LogP contribution is 2.23. The van der Waals surface area contributed by atoms with Crippen LogP contribution in [0.15, 0.2) is 53.0 Å². The third-order valence-corrected chi connectivity index (χ3v) is 4.49. The number of hydrogen-bond acceptors (Lipinski definition) is 1. The van der Waals surface area contributed by atoms with Crippen molar-refractivity contribution in [2.24, 2.45) is 0 Å². The first-order valence-electron chi connectivity index (χ1n) is 5.87. The number of rotatable bonds is 4. The van der Waals surface area contributed by atoms with Gasteiger partial charge in [-0.3, -0.25) is 0 Å². The number of benzene rings is 2. The fourth-order valence-corrected chi connectivity index (χ4v) is 3.01. The minimum atomic E-state index is 0.360. The molecule has 0 radical (unpaired) electrons. The van der Waals surface area contributed by atoms with E-state index in [2.05, 4.69) is 92.4 Å². The van der Waals surface area contributed by atoms with Crippen LogP contribution in [0, 0.1) is 3.57 Å². The minimum Gasteiger partial charge on any atom is -0.313 e. The Hall–Kier alpha value is -0.390. The Morgan fingerprint density at radius 1 is 1.11 bits per heavy atom. The van der Waals surface area contributed by atoms with Crippen molar-refractivity contribution in [3.8, 4) is 0 Å². The van der Waals surface area contributed by atoms with Crippen LogP contribution >= 0.6 is 38.5 Å². The van der Waals surface area contributed by atoms with Gasteiger partial charge in [0, 0.05) is 14.1 Å². The van der Waals surface area contributed by atoms with Gasteiger partial charge in [0.25, 0.3) is 0 Å². The van der Waals surface area contributed by atoms with Gasteiger partial charge in [-0.1, -0.05) is 46.3 Å². The van der Waals surface area contributed by atoms with E-state index < -0.39 is 0 Å². The van der Waals surface area contributed by atoms with Gasteiger partial charge in [0.1, 0.15) is 0 Å². The standard InChI is InChI=1S/C15H15BrIN/c1-18-15(13-4-2-3-5-14(13)17)10-11-6-8-12(16)9-7-11/h2-9,15,18H,10H2,1H3. The van der Waals surface area contributed by atoms with E-state index in [-0.39, 0.29) is 0 Å². The molecular weight excluding hydrogens is 401 g/mol. The molecule has 0 fully saturated rings. The molecule has 0 bridgehead atoms. The van der Waals surface area contributed by atoms with Gasteiger partial charge in [0.05, 0.1) is 0 Å². The normalized spacial score (nSPS) is 12.4. The quantitative estimate of drug-likeness (QED) is 0.722. The van der Waals surface area contributed by atoms with E-state index in [1.165, 1.54) is 14.7 Å². The summed E-state index contributed by atoms with van der Waals surface area (Å²) >= 11 is 5.87. The van der Waals surface area contributed by atoms with Crippen LogP contribution in [0.25, 0.3) is 0 Å². The zero-order valence-electron chi connectivity index (χ0n) is 10.2. The molecule has 1 unspecified atom stereocenters. The Labute approximate surface area is 130 Å². The number of halogens is 2. The molecule has 2 rings (SSSR count). The number of likely N-dealkylation sites (N-methyl/N-ethyl adjacent to an activating group) is 1. The molecule has 0 aliphatic carbocycles. The molecule has 0 aliphatic rings. The summed E-state index contributed by atoms with van der Waals surface area (Å²) in [5, 5.41) is 3.41. The first-order chi connectivity index (χ1) is 8.70. The predicted octanol–water partition coefficient (Wildman–Crippen LogP) is 4.56. The van der Waals surface area contributed by atoms with E-state index >= 15 is 0 Å². The molecule has 2 aromatic rings. The maximum absolute atomic E-state index is 3.47. The second-order valence-corrected chi connectivity index (χ2v) is 6.27. The van der Waals surface area contributed by atoms with Crippen LogP contribution in [0.5, 0.6) is 0 Å². The van der Waals surface area contributed by atoms with Crippen molar-refractivity contribution in [2.75, 3.05) is 7.05 Å². The van der Waals surface area contributed by atoms with E-state index in [4.69, 9.17) is 0 Å². The molecule has 1 N–H and O–H groups in total. The molecule has 1 atom stereocenters. The maximum atomic E-state index is 3.47. The molecule has 1 nitrogen and oxygen atoms in total. The minimum absolute atomic E-state index is 0.360. The van der Waals surface area contributed by atoms with E-state index in [0.717, 1.165) is 10.9 Å². The summed E-state index contributed by atoms with van der Waals surface area (Å²) in [6.07, 6.45) is 1.00. The molecule has 0 aromatic heterocycles. The van der Waals surface area contributed by atoms with Crippen LogP contribution in [-0.2, 0) is 6.42 Å². The van der Waals surface area contributed by atoms with Crippen molar-refractivity contribution in [3.05, 3.63) is 67.7 Å². The third-order valence-electron chi connectivity index (χ3n) is 2.98. The van der Waals surface area contributed by atoms with Crippen molar-refractivity contribution >= 4 is 38.5 Å². The highest BCUT2D eigenvalue weighted by molar-refractivity contribution is 14.1. The van der Waals surface area contributed by atoms with E-state index in [0.29, 0.717) is 6.04 Å². The lowest BCUT2D eigenvalue weighted by Crippen LogP contribution is -2.19. The Morgan fingerprint density at radius 2 is 1.78 bits per heavy atom. The van der Waals surface area contributed by atoms with Crippen molar-refractivity contribution in [3.63, 3.8) is 0 Å². The highest BCUT2D eigenvalue weighted by Gasteiger charge is 2.12. The molecule has 0 spiro atoms. The molecule has 0 amide bonds. The first kappa shape index (κ1) is 14.0. The van der Waals surface area contributed by atoms with Crippen LogP contribution in [0.4, 0.5) is 0 Å². The Balaban J connectivity index is 2.20. The Bertz CT molecular complexity index is 510. The summed E-state index contributed by atoms with van der Waals surface area (Å²) in [4.78, 5) is 0. The summed E-state index contributed by atoms with van der Waals surface area (Å²) in [5.74, 6) is 0. The molecule has 2 aromatic carbocycles. The van der Waals surface area contributed by atoms with Gasteiger partial charge >= 0.3 is 0 Å². The molecule has 94 valence electrons. The van der Waals surface area contributed by atoms with Crippen LogP contribution in [0.3, 0.4) is 0 Å². The molecule has 0 saturated heterocycles. The summed E-state index contributed by atoms with van der Waals surface area (Å²) in [5.41, 5.74) is 2.71. The average molecular weight is 416 g/mol. The third kappa shape index (κ3) is 3.56. The van der Waals surface area contributed by atoms with Gasteiger partial charge in [-0.2, -0.15) is 0 Å². The fourth-order valence-electron chi connectivity index (χ4n) is 1.98. The zero-order chi connectivity index (χ0) is 13.0. The fraction of sp³-hybridized carbons (Fsp3) is 0.200. The van der Waals surface area contributed by atoms with Crippen molar-refractivity contribution in [1.82, 2.24) is 5.32 Å². The second-order valence-electron chi connectivity index (χ2n) is 4.19. The topological polar surface area (TPSA) is 12.0 Å². The monoisotopic (exact) mass is 415 g/mol. The summed E-state index contributed by atoms with van der Waals surface area (Å²) in [6.45, 7) is 0. The van der Waals surface area contributed by atoms with Gasteiger partial charge in [-0.25, -0.2) is 0 Å². The SMILES string of the molecule is CNC(Cc1ccc(Br)cc1)c1ccccc1I. The predicted molar refractivity (Wildman–Crippen MR) is 88.8 cm³/mol. The van der Waals surface area contributed by atoms with Gasteiger partial charge in [0.15, 0.2) is 0 Å². The smallest absolute Gasteiger partial charge is 0.0368 e. The molecule has 0 heterocycles. The highest BCUT2D eigenvalue weighted by atomic mass is 127. The van der Waals surface area contributed by atoms with Gasteiger partial charge in [0.2, 0.25) is 0 Å². The van der Waals surface area contributed by atoms with E-state index in [9.17, 15) is 0 Å². The molecular formula is C15H15BrIN. The van der Waals surface area contributed by atoms with Crippen molar-refractivity contribution < 1.29 is 0 Å². The second kappa shape index (κ2) is 6.68. The lowest BCUT2D eigenvalue weighted by Gasteiger charge is -2.18. The Morgan fingerprint density at radius 3 is 2.39 bits per heavy atom. The van der Waals surface area contributed by atoms with Gasteiger partial charge < -0.3 is 5.32 Å². The largest absolute Gasteiger partial charge is 0.313 e. The van der Waals surface area contributed by atoms with Crippen LogP contribution in [-0.4, -0.2) is 7.05 Å². The number of nitrogens with one attached hydrogen (secondary N) is 1. The average Bonchev–Trinajstić information content (AvgIpc) is 2.39.